The summed E-state index contributed by atoms with van der Waals surface area (Å²) < 4.78 is 31.6. The fourth-order valence-corrected chi connectivity index (χ4v) is 2.44. The molecular formula is C16H26N2O4S. The van der Waals surface area contributed by atoms with E-state index in [2.05, 4.69) is 57.1 Å². The molecule has 3 N–H and O–H groups in total. The van der Waals surface area contributed by atoms with Crippen LogP contribution in [-0.4, -0.2) is 36.4 Å². The summed E-state index contributed by atoms with van der Waals surface area (Å²) in [5.41, 5.74) is 5.84. The molecule has 23 heavy (non-hydrogen) atoms. The third kappa shape index (κ3) is 7.11. The number of nitrogens with zero attached hydrogens (tertiary/aromatic N) is 1. The minimum Gasteiger partial charge on any atom is -0.372 e. The SMILES string of the molecule is Cc1cc(C(C)(C)C)cc(C)c1CC1=NCCN1.O=S(=O)(O)O. The highest BCUT2D eigenvalue weighted by Gasteiger charge is 2.17. The third-order valence-electron chi connectivity index (χ3n) is 3.65. The molecule has 0 spiro atoms. The summed E-state index contributed by atoms with van der Waals surface area (Å²) in [6, 6.07) is 4.66. The predicted molar refractivity (Wildman–Crippen MR) is 92.8 cm³/mol. The molecule has 130 valence electrons. The van der Waals surface area contributed by atoms with E-state index < -0.39 is 10.4 Å². The lowest BCUT2D eigenvalue weighted by Gasteiger charge is -2.22. The summed E-state index contributed by atoms with van der Waals surface area (Å²) in [5, 5.41) is 3.35. The first kappa shape index (κ1) is 19.6. The summed E-state index contributed by atoms with van der Waals surface area (Å²) in [6.45, 7) is 13.2. The molecular weight excluding hydrogens is 316 g/mol. The Kier molecular flexibility index (Phi) is 6.33. The van der Waals surface area contributed by atoms with Crippen molar-refractivity contribution in [2.45, 2.75) is 46.5 Å². The van der Waals surface area contributed by atoms with Crippen molar-refractivity contribution in [3.05, 3.63) is 34.4 Å². The topological polar surface area (TPSA) is 99.0 Å². The second kappa shape index (κ2) is 7.42. The zero-order chi connectivity index (χ0) is 17.8. The Morgan fingerprint density at radius 1 is 1.17 bits per heavy atom. The first-order valence-electron chi connectivity index (χ1n) is 7.45. The van der Waals surface area contributed by atoms with E-state index >= 15 is 0 Å². The lowest BCUT2D eigenvalue weighted by Crippen LogP contribution is -2.22. The van der Waals surface area contributed by atoms with Gasteiger partial charge >= 0.3 is 10.4 Å². The Bertz CT molecular complexity index is 658. The largest absolute Gasteiger partial charge is 0.394 e. The molecule has 0 bridgehead atoms. The van der Waals surface area contributed by atoms with Gasteiger partial charge in [-0.25, -0.2) is 0 Å². The van der Waals surface area contributed by atoms with E-state index in [1.807, 2.05) is 0 Å². The van der Waals surface area contributed by atoms with Gasteiger partial charge in [-0.05, 0) is 41.5 Å². The van der Waals surface area contributed by atoms with Crippen molar-refractivity contribution < 1.29 is 17.5 Å². The monoisotopic (exact) mass is 342 g/mol. The van der Waals surface area contributed by atoms with Gasteiger partial charge in [0.1, 0.15) is 5.84 Å². The van der Waals surface area contributed by atoms with Crippen molar-refractivity contribution in [2.75, 3.05) is 13.1 Å². The number of amidine groups is 1. The molecule has 1 aliphatic heterocycles. The summed E-state index contributed by atoms with van der Waals surface area (Å²) in [7, 11) is -4.67. The smallest absolute Gasteiger partial charge is 0.372 e. The van der Waals surface area contributed by atoms with Gasteiger partial charge in [0.15, 0.2) is 0 Å². The van der Waals surface area contributed by atoms with Crippen molar-refractivity contribution in [1.29, 1.82) is 0 Å². The van der Waals surface area contributed by atoms with Gasteiger partial charge in [-0.15, -0.1) is 0 Å². The van der Waals surface area contributed by atoms with Gasteiger partial charge in [-0.1, -0.05) is 32.9 Å². The van der Waals surface area contributed by atoms with Crippen molar-refractivity contribution in [2.24, 2.45) is 4.99 Å². The lowest BCUT2D eigenvalue weighted by molar-refractivity contribution is 0.381. The molecule has 1 aliphatic rings. The minimum atomic E-state index is -4.67. The Balaban J connectivity index is 0.000000463. The van der Waals surface area contributed by atoms with Gasteiger partial charge in [-0.3, -0.25) is 14.1 Å². The molecule has 0 atom stereocenters. The van der Waals surface area contributed by atoms with E-state index in [1.165, 1.54) is 22.3 Å². The fourth-order valence-electron chi connectivity index (χ4n) is 2.44. The normalized spacial score (nSPS) is 14.7. The molecule has 0 aliphatic carbocycles. The summed E-state index contributed by atoms with van der Waals surface area (Å²) in [5.74, 6) is 1.14. The van der Waals surface area contributed by atoms with E-state index in [4.69, 9.17) is 17.5 Å². The van der Waals surface area contributed by atoms with Crippen LogP contribution in [0.2, 0.25) is 0 Å². The number of aliphatic imine (C=N–C) groups is 1. The lowest BCUT2D eigenvalue weighted by atomic mass is 9.83. The second-order valence-electron chi connectivity index (χ2n) is 6.72. The molecule has 0 unspecified atom stereocenters. The second-order valence-corrected chi connectivity index (χ2v) is 7.61. The number of aryl methyl sites for hydroxylation is 2. The van der Waals surface area contributed by atoms with Crippen LogP contribution < -0.4 is 5.32 Å². The zero-order valence-electron chi connectivity index (χ0n) is 14.3. The van der Waals surface area contributed by atoms with Gasteiger partial charge in [0.2, 0.25) is 0 Å². The number of nitrogens with one attached hydrogen (secondary N) is 1. The first-order valence-corrected chi connectivity index (χ1v) is 8.85. The Hall–Kier alpha value is -1.44. The molecule has 7 heteroatoms. The quantitative estimate of drug-likeness (QED) is 0.717. The van der Waals surface area contributed by atoms with E-state index in [-0.39, 0.29) is 5.41 Å². The molecule has 0 saturated heterocycles. The van der Waals surface area contributed by atoms with Crippen LogP contribution >= 0.6 is 0 Å². The molecule has 0 saturated carbocycles. The van der Waals surface area contributed by atoms with Crippen LogP contribution in [0, 0.1) is 13.8 Å². The molecule has 1 heterocycles. The maximum atomic E-state index is 8.74. The van der Waals surface area contributed by atoms with E-state index in [9.17, 15) is 0 Å². The fraction of sp³-hybridized carbons (Fsp3) is 0.562. The Morgan fingerprint density at radius 2 is 1.65 bits per heavy atom. The maximum Gasteiger partial charge on any atom is 0.394 e. The molecule has 2 rings (SSSR count). The standard InChI is InChI=1S/C16H24N2.H2O4S/c1-11-8-13(16(3,4)5)9-12(2)14(11)10-15-17-6-7-18-15;1-5(2,3)4/h8-9H,6-7,10H2,1-5H3,(H,17,18);(H2,1,2,3,4). The summed E-state index contributed by atoms with van der Waals surface area (Å²) in [4.78, 5) is 4.49. The van der Waals surface area contributed by atoms with Crippen LogP contribution in [0.4, 0.5) is 0 Å². The summed E-state index contributed by atoms with van der Waals surface area (Å²) in [6.07, 6.45) is 0.947. The van der Waals surface area contributed by atoms with Gasteiger partial charge in [0.05, 0.1) is 6.54 Å². The Morgan fingerprint density at radius 3 is 2.00 bits per heavy atom. The molecule has 1 aromatic rings. The molecule has 0 aromatic heterocycles. The van der Waals surface area contributed by atoms with Gasteiger partial charge < -0.3 is 5.32 Å². The first-order chi connectivity index (χ1) is 10.4. The highest BCUT2D eigenvalue weighted by Crippen LogP contribution is 2.27. The number of hydrogen-bond donors (Lipinski definition) is 3. The van der Waals surface area contributed by atoms with Crippen LogP contribution in [0.1, 0.15) is 43.0 Å². The van der Waals surface area contributed by atoms with Crippen molar-refractivity contribution in [3.63, 3.8) is 0 Å². The molecule has 0 fully saturated rings. The van der Waals surface area contributed by atoms with E-state index in [1.54, 1.807) is 0 Å². The van der Waals surface area contributed by atoms with Gasteiger partial charge in [-0.2, -0.15) is 8.42 Å². The Labute approximate surface area is 138 Å². The highest BCUT2D eigenvalue weighted by atomic mass is 32.3. The third-order valence-corrected chi connectivity index (χ3v) is 3.65. The van der Waals surface area contributed by atoms with Crippen LogP contribution in [0.3, 0.4) is 0 Å². The average molecular weight is 342 g/mol. The molecule has 0 amide bonds. The molecule has 0 radical (unpaired) electrons. The van der Waals surface area contributed by atoms with Gasteiger partial charge in [0, 0.05) is 13.0 Å². The van der Waals surface area contributed by atoms with Crippen molar-refractivity contribution in [3.8, 4) is 0 Å². The van der Waals surface area contributed by atoms with Crippen molar-refractivity contribution in [1.82, 2.24) is 5.32 Å². The maximum absolute atomic E-state index is 8.74. The number of benzene rings is 1. The van der Waals surface area contributed by atoms with Crippen LogP contribution in [0.5, 0.6) is 0 Å². The van der Waals surface area contributed by atoms with Crippen LogP contribution in [0.15, 0.2) is 17.1 Å². The van der Waals surface area contributed by atoms with Crippen molar-refractivity contribution >= 4 is 16.2 Å². The van der Waals surface area contributed by atoms with E-state index in [0.717, 1.165) is 25.3 Å². The van der Waals surface area contributed by atoms with Crippen LogP contribution in [0.25, 0.3) is 0 Å². The van der Waals surface area contributed by atoms with Gasteiger partial charge in [0.25, 0.3) is 0 Å². The summed E-state index contributed by atoms with van der Waals surface area (Å²) >= 11 is 0. The highest BCUT2D eigenvalue weighted by molar-refractivity contribution is 7.79. The zero-order valence-corrected chi connectivity index (χ0v) is 15.2. The average Bonchev–Trinajstić information content (AvgIpc) is 2.83. The predicted octanol–water partition coefficient (Wildman–Crippen LogP) is 2.49. The molecule has 6 nitrogen and oxygen atoms in total. The number of rotatable bonds is 2. The molecule has 1 aromatic carbocycles. The van der Waals surface area contributed by atoms with Crippen LogP contribution in [-0.2, 0) is 22.2 Å². The number of hydrogen-bond acceptors (Lipinski definition) is 4. The minimum absolute atomic E-state index is 0.219. The van der Waals surface area contributed by atoms with E-state index in [0.29, 0.717) is 0 Å².